The molecule has 0 aliphatic heterocycles. The molecule has 0 atom stereocenters. The fourth-order valence-corrected chi connectivity index (χ4v) is 3.36. The minimum Gasteiger partial charge on any atom is -0.376 e. The Labute approximate surface area is 128 Å². The summed E-state index contributed by atoms with van der Waals surface area (Å²) in [5.41, 5.74) is 2.08. The molecule has 3 nitrogen and oxygen atoms in total. The first-order chi connectivity index (χ1) is 9.74. The Hall–Kier alpha value is -0.840. The molecule has 0 bridgehead atoms. The minimum absolute atomic E-state index is 0.437. The molecule has 0 saturated heterocycles. The lowest BCUT2D eigenvalue weighted by Gasteiger charge is -2.22. The van der Waals surface area contributed by atoms with Gasteiger partial charge >= 0.3 is 0 Å². The zero-order chi connectivity index (χ0) is 13.9. The van der Waals surface area contributed by atoms with Crippen LogP contribution in [0.4, 0.5) is 0 Å². The van der Waals surface area contributed by atoms with Crippen molar-refractivity contribution in [2.45, 2.75) is 44.8 Å². The fraction of sp³-hybridized carbons (Fsp3) is 0.533. The summed E-state index contributed by atoms with van der Waals surface area (Å²) in [7, 11) is 0. The molecule has 0 amide bonds. The van der Waals surface area contributed by atoms with Crippen LogP contribution in [0.1, 0.15) is 32.1 Å². The smallest absolute Gasteiger partial charge is 0.178 e. The number of nitrogens with one attached hydrogen (secondary N) is 1. The van der Waals surface area contributed by atoms with Gasteiger partial charge in [0.25, 0.3) is 0 Å². The number of imidazole rings is 1. The number of hydrogen-bond donors (Lipinski definition) is 1. The predicted octanol–water partition coefficient (Wildman–Crippen LogP) is 4.70. The summed E-state index contributed by atoms with van der Waals surface area (Å²) in [6.07, 6.45) is 6.79. The number of H-pyrrole nitrogens is 1. The van der Waals surface area contributed by atoms with Gasteiger partial charge in [0.1, 0.15) is 0 Å². The maximum absolute atomic E-state index is 6.06. The van der Waals surface area contributed by atoms with E-state index >= 15 is 0 Å². The van der Waals surface area contributed by atoms with Gasteiger partial charge in [-0.15, -0.1) is 0 Å². The third-order valence-electron chi connectivity index (χ3n) is 3.96. The Morgan fingerprint density at radius 3 is 2.90 bits per heavy atom. The number of fused-ring (bicyclic) bond motifs is 1. The molecule has 0 unspecified atom stereocenters. The second kappa shape index (κ2) is 6.29. The van der Waals surface area contributed by atoms with Crippen molar-refractivity contribution in [3.63, 3.8) is 0 Å². The van der Waals surface area contributed by atoms with Gasteiger partial charge in [0.05, 0.1) is 23.7 Å². The van der Waals surface area contributed by atoms with Crippen LogP contribution in [-0.2, 0) is 11.3 Å². The SMILES string of the molecule is S=c1[nH]c2ccc(Cl)cc2n1CCOC1CCCCC1. The Morgan fingerprint density at radius 1 is 1.30 bits per heavy atom. The van der Waals surface area contributed by atoms with Gasteiger partial charge in [-0.25, -0.2) is 0 Å². The molecule has 2 aromatic rings. The molecular formula is C15H19ClN2OS. The van der Waals surface area contributed by atoms with Crippen LogP contribution >= 0.6 is 23.8 Å². The molecule has 1 aliphatic rings. The van der Waals surface area contributed by atoms with E-state index in [1.807, 2.05) is 18.2 Å². The van der Waals surface area contributed by atoms with E-state index in [1.54, 1.807) is 0 Å². The number of aromatic nitrogens is 2. The second-order valence-electron chi connectivity index (χ2n) is 5.37. The Morgan fingerprint density at radius 2 is 2.10 bits per heavy atom. The van der Waals surface area contributed by atoms with Gasteiger partial charge in [-0.1, -0.05) is 30.9 Å². The maximum atomic E-state index is 6.06. The van der Waals surface area contributed by atoms with E-state index in [9.17, 15) is 0 Å². The van der Waals surface area contributed by atoms with Crippen LogP contribution < -0.4 is 0 Å². The molecule has 1 aromatic heterocycles. The number of halogens is 1. The summed E-state index contributed by atoms with van der Waals surface area (Å²) in [6.45, 7) is 1.48. The second-order valence-corrected chi connectivity index (χ2v) is 6.20. The van der Waals surface area contributed by atoms with Gasteiger partial charge in [-0.05, 0) is 43.3 Å². The van der Waals surface area contributed by atoms with Gasteiger partial charge in [-0.2, -0.15) is 0 Å². The van der Waals surface area contributed by atoms with Crippen LogP contribution in [0.15, 0.2) is 18.2 Å². The van der Waals surface area contributed by atoms with Crippen LogP contribution in [0.3, 0.4) is 0 Å². The molecule has 1 heterocycles. The van der Waals surface area contributed by atoms with Crippen molar-refractivity contribution in [1.82, 2.24) is 9.55 Å². The molecule has 1 aromatic carbocycles. The van der Waals surface area contributed by atoms with Gasteiger partial charge in [-0.3, -0.25) is 0 Å². The molecule has 0 radical (unpaired) electrons. The maximum Gasteiger partial charge on any atom is 0.178 e. The van der Waals surface area contributed by atoms with Gasteiger partial charge < -0.3 is 14.3 Å². The number of aromatic amines is 1. The quantitative estimate of drug-likeness (QED) is 0.829. The van der Waals surface area contributed by atoms with Crippen molar-refractivity contribution in [2.24, 2.45) is 0 Å². The molecule has 1 saturated carbocycles. The standard InChI is InChI=1S/C15H19ClN2OS/c16-11-6-7-13-14(10-11)18(15(20)17-13)8-9-19-12-4-2-1-3-5-12/h6-7,10,12H,1-5,8-9H2,(H,17,20). The molecular weight excluding hydrogens is 292 g/mol. The number of rotatable bonds is 4. The van der Waals surface area contributed by atoms with E-state index in [0.717, 1.165) is 27.4 Å². The van der Waals surface area contributed by atoms with E-state index in [0.29, 0.717) is 12.7 Å². The fourth-order valence-electron chi connectivity index (χ4n) is 2.89. The minimum atomic E-state index is 0.437. The van der Waals surface area contributed by atoms with Crippen LogP contribution in [0.5, 0.6) is 0 Å². The van der Waals surface area contributed by atoms with Crippen LogP contribution in [-0.4, -0.2) is 22.3 Å². The third kappa shape index (κ3) is 3.08. The highest BCUT2D eigenvalue weighted by Crippen LogP contribution is 2.21. The highest BCUT2D eigenvalue weighted by molar-refractivity contribution is 7.71. The molecule has 1 aliphatic carbocycles. The first kappa shape index (κ1) is 14.1. The molecule has 20 heavy (non-hydrogen) atoms. The van der Waals surface area contributed by atoms with Crippen LogP contribution in [0.25, 0.3) is 11.0 Å². The average molecular weight is 311 g/mol. The number of ether oxygens (including phenoxy) is 1. The van der Waals surface area contributed by atoms with E-state index in [-0.39, 0.29) is 0 Å². The van der Waals surface area contributed by atoms with Gasteiger partial charge in [0.15, 0.2) is 4.77 Å². The summed E-state index contributed by atoms with van der Waals surface area (Å²) < 4.78 is 8.78. The lowest BCUT2D eigenvalue weighted by atomic mass is 9.98. The zero-order valence-electron chi connectivity index (χ0n) is 11.4. The number of benzene rings is 1. The van der Waals surface area contributed by atoms with Crippen molar-refractivity contribution in [1.29, 1.82) is 0 Å². The van der Waals surface area contributed by atoms with Crippen LogP contribution in [0.2, 0.25) is 5.02 Å². The van der Waals surface area contributed by atoms with Crippen molar-refractivity contribution in [2.75, 3.05) is 6.61 Å². The molecule has 1 N–H and O–H groups in total. The lowest BCUT2D eigenvalue weighted by molar-refractivity contribution is 0.0243. The van der Waals surface area contributed by atoms with Crippen molar-refractivity contribution >= 4 is 34.9 Å². The summed E-state index contributed by atoms with van der Waals surface area (Å²) in [5.74, 6) is 0. The number of nitrogens with zero attached hydrogens (tertiary/aromatic N) is 1. The van der Waals surface area contributed by atoms with Gasteiger partial charge in [0, 0.05) is 11.6 Å². The van der Waals surface area contributed by atoms with E-state index in [1.165, 1.54) is 32.1 Å². The zero-order valence-corrected chi connectivity index (χ0v) is 13.0. The first-order valence-corrected chi connectivity index (χ1v) is 8.02. The lowest BCUT2D eigenvalue weighted by Crippen LogP contribution is -2.19. The van der Waals surface area contributed by atoms with Crippen molar-refractivity contribution in [3.8, 4) is 0 Å². The topological polar surface area (TPSA) is 29.9 Å². The Kier molecular flexibility index (Phi) is 4.44. The molecule has 108 valence electrons. The summed E-state index contributed by atoms with van der Waals surface area (Å²) in [6, 6.07) is 5.79. The normalized spacial score (nSPS) is 16.9. The summed E-state index contributed by atoms with van der Waals surface area (Å²) in [4.78, 5) is 3.21. The predicted molar refractivity (Wildman–Crippen MR) is 85.0 cm³/mol. The van der Waals surface area contributed by atoms with E-state index < -0.39 is 0 Å². The third-order valence-corrected chi connectivity index (χ3v) is 4.52. The monoisotopic (exact) mass is 310 g/mol. The average Bonchev–Trinajstić information content (AvgIpc) is 2.76. The van der Waals surface area contributed by atoms with Crippen molar-refractivity contribution < 1.29 is 4.74 Å². The van der Waals surface area contributed by atoms with E-state index in [4.69, 9.17) is 28.6 Å². The van der Waals surface area contributed by atoms with Crippen LogP contribution in [0, 0.1) is 4.77 Å². The van der Waals surface area contributed by atoms with E-state index in [2.05, 4.69) is 9.55 Å². The number of hydrogen-bond acceptors (Lipinski definition) is 2. The molecule has 5 heteroatoms. The summed E-state index contributed by atoms with van der Waals surface area (Å²) in [5, 5.41) is 0.730. The van der Waals surface area contributed by atoms with Crippen molar-refractivity contribution in [3.05, 3.63) is 28.0 Å². The molecule has 1 fully saturated rings. The highest BCUT2D eigenvalue weighted by Gasteiger charge is 2.13. The summed E-state index contributed by atoms with van der Waals surface area (Å²) >= 11 is 11.4. The Bertz CT molecular complexity index is 643. The van der Waals surface area contributed by atoms with Gasteiger partial charge in [0.2, 0.25) is 0 Å². The molecule has 3 rings (SSSR count). The largest absolute Gasteiger partial charge is 0.376 e. The molecule has 0 spiro atoms. The highest BCUT2D eigenvalue weighted by atomic mass is 35.5. The Balaban J connectivity index is 1.69. The first-order valence-electron chi connectivity index (χ1n) is 7.24.